The van der Waals surface area contributed by atoms with Crippen LogP contribution in [0.4, 0.5) is 0 Å². The van der Waals surface area contributed by atoms with Gasteiger partial charge in [0, 0.05) is 32.7 Å². The quantitative estimate of drug-likeness (QED) is 0.864. The Morgan fingerprint density at radius 3 is 2.54 bits per heavy atom. The van der Waals surface area contributed by atoms with Gasteiger partial charge in [-0.1, -0.05) is 6.92 Å². The molecule has 0 bridgehead atoms. The summed E-state index contributed by atoms with van der Waals surface area (Å²) in [4.78, 5) is 2.53. The molecular weight excluding hydrogens is 304 g/mol. The number of methoxy groups -OCH3 is 2. The number of rotatable bonds is 6. The Morgan fingerprint density at radius 2 is 1.88 bits per heavy atom. The van der Waals surface area contributed by atoms with Crippen LogP contribution in [0.1, 0.15) is 30.9 Å². The van der Waals surface area contributed by atoms with Gasteiger partial charge in [-0.2, -0.15) is 0 Å². The largest absolute Gasteiger partial charge is 0.493 e. The smallest absolute Gasteiger partial charge is 0.161 e. The zero-order valence-electron chi connectivity index (χ0n) is 15.2. The molecule has 1 atom stereocenters. The van der Waals surface area contributed by atoms with Crippen molar-refractivity contribution in [2.75, 3.05) is 53.6 Å². The molecule has 0 saturated carbocycles. The number of hydrogen-bond acceptors (Lipinski definition) is 5. The maximum atomic E-state index is 6.37. The van der Waals surface area contributed by atoms with E-state index in [4.69, 9.17) is 14.2 Å². The highest BCUT2D eigenvalue weighted by Gasteiger charge is 2.37. The monoisotopic (exact) mass is 334 g/mol. The molecule has 2 aliphatic heterocycles. The summed E-state index contributed by atoms with van der Waals surface area (Å²) in [6.45, 7) is 8.49. The first-order chi connectivity index (χ1) is 11.7. The van der Waals surface area contributed by atoms with Gasteiger partial charge in [0.2, 0.25) is 0 Å². The second-order valence-corrected chi connectivity index (χ2v) is 6.65. The molecule has 0 aromatic heterocycles. The lowest BCUT2D eigenvalue weighted by Gasteiger charge is -2.41. The van der Waals surface area contributed by atoms with E-state index in [1.54, 1.807) is 14.2 Å². The van der Waals surface area contributed by atoms with E-state index < -0.39 is 0 Å². The van der Waals surface area contributed by atoms with Gasteiger partial charge in [0.1, 0.15) is 0 Å². The van der Waals surface area contributed by atoms with E-state index in [9.17, 15) is 0 Å². The second kappa shape index (κ2) is 7.72. The van der Waals surface area contributed by atoms with Crippen LogP contribution in [-0.2, 0) is 16.8 Å². The summed E-state index contributed by atoms with van der Waals surface area (Å²) in [5.74, 6) is 1.60. The summed E-state index contributed by atoms with van der Waals surface area (Å²) in [6.07, 6.45) is 2.93. The van der Waals surface area contributed by atoms with Crippen molar-refractivity contribution in [2.24, 2.45) is 0 Å². The number of fused-ring (bicyclic) bond motifs is 1. The van der Waals surface area contributed by atoms with E-state index in [-0.39, 0.29) is 5.60 Å². The number of ether oxygens (including phenoxy) is 3. The molecular formula is C19H30N2O3. The van der Waals surface area contributed by atoms with E-state index in [0.717, 1.165) is 70.1 Å². The molecule has 5 nitrogen and oxygen atoms in total. The molecule has 134 valence electrons. The molecule has 0 amide bonds. The lowest BCUT2D eigenvalue weighted by molar-refractivity contribution is -0.0745. The number of hydrogen-bond donors (Lipinski definition) is 1. The first-order valence-corrected chi connectivity index (χ1v) is 9.05. The molecule has 24 heavy (non-hydrogen) atoms. The standard InChI is InChI=1S/C19H30N2O3/c1-4-19(6-9-21-10-7-20-8-11-21)16-14-18(23-3)17(22-2)13-15(16)5-12-24-19/h13-14,20H,4-12H2,1-3H3. The molecule has 3 rings (SSSR count). The Hall–Kier alpha value is -1.30. The van der Waals surface area contributed by atoms with Gasteiger partial charge in [-0.3, -0.25) is 0 Å². The van der Waals surface area contributed by atoms with Crippen LogP contribution in [0, 0.1) is 0 Å². The van der Waals surface area contributed by atoms with Crippen molar-refractivity contribution < 1.29 is 14.2 Å². The minimum Gasteiger partial charge on any atom is -0.493 e. The molecule has 0 aliphatic carbocycles. The summed E-state index contributed by atoms with van der Waals surface area (Å²) < 4.78 is 17.4. The predicted molar refractivity (Wildman–Crippen MR) is 95.1 cm³/mol. The minimum atomic E-state index is -0.210. The van der Waals surface area contributed by atoms with Crippen molar-refractivity contribution in [3.63, 3.8) is 0 Å². The van der Waals surface area contributed by atoms with Crippen LogP contribution in [0.5, 0.6) is 11.5 Å². The highest BCUT2D eigenvalue weighted by molar-refractivity contribution is 5.50. The van der Waals surface area contributed by atoms with Crippen LogP contribution in [0.3, 0.4) is 0 Å². The zero-order chi connectivity index (χ0) is 17.0. The van der Waals surface area contributed by atoms with Gasteiger partial charge >= 0.3 is 0 Å². The molecule has 5 heteroatoms. The average Bonchev–Trinajstić information content (AvgIpc) is 2.66. The topological polar surface area (TPSA) is 43.0 Å². The molecule has 1 N–H and O–H groups in total. The number of benzene rings is 1. The van der Waals surface area contributed by atoms with E-state index in [2.05, 4.69) is 29.3 Å². The predicted octanol–water partition coefficient (Wildman–Crippen LogP) is 2.18. The van der Waals surface area contributed by atoms with Gasteiger partial charge in [0.05, 0.1) is 26.4 Å². The van der Waals surface area contributed by atoms with Crippen molar-refractivity contribution in [1.29, 1.82) is 0 Å². The first kappa shape index (κ1) is 17.5. The maximum absolute atomic E-state index is 6.37. The Bertz CT molecular complexity index is 558. The summed E-state index contributed by atoms with van der Waals surface area (Å²) >= 11 is 0. The van der Waals surface area contributed by atoms with Crippen molar-refractivity contribution in [3.05, 3.63) is 23.3 Å². The SMILES string of the molecule is CCC1(CCN2CCNCC2)OCCc2cc(OC)c(OC)cc21. The molecule has 1 saturated heterocycles. The average molecular weight is 334 g/mol. The van der Waals surface area contributed by atoms with E-state index >= 15 is 0 Å². The zero-order valence-corrected chi connectivity index (χ0v) is 15.2. The lowest BCUT2D eigenvalue weighted by Crippen LogP contribution is -2.46. The number of nitrogens with one attached hydrogen (secondary N) is 1. The van der Waals surface area contributed by atoms with E-state index in [1.807, 2.05) is 0 Å². The Labute approximate surface area is 145 Å². The molecule has 1 fully saturated rings. The Kier molecular flexibility index (Phi) is 5.64. The van der Waals surface area contributed by atoms with Crippen LogP contribution in [-0.4, -0.2) is 58.5 Å². The third-order valence-electron chi connectivity index (χ3n) is 5.46. The third-order valence-corrected chi connectivity index (χ3v) is 5.46. The van der Waals surface area contributed by atoms with Crippen molar-refractivity contribution in [1.82, 2.24) is 10.2 Å². The fraction of sp³-hybridized carbons (Fsp3) is 0.684. The van der Waals surface area contributed by atoms with Crippen LogP contribution in [0.2, 0.25) is 0 Å². The number of piperazine rings is 1. The van der Waals surface area contributed by atoms with Gasteiger partial charge in [0.25, 0.3) is 0 Å². The molecule has 1 aromatic rings. The van der Waals surface area contributed by atoms with Crippen molar-refractivity contribution in [3.8, 4) is 11.5 Å². The highest BCUT2D eigenvalue weighted by atomic mass is 16.5. The maximum Gasteiger partial charge on any atom is 0.161 e. The normalized spacial score (nSPS) is 24.5. The highest BCUT2D eigenvalue weighted by Crippen LogP contribution is 2.43. The van der Waals surface area contributed by atoms with E-state index in [0.29, 0.717) is 0 Å². The third kappa shape index (κ3) is 3.39. The van der Waals surface area contributed by atoms with Crippen molar-refractivity contribution >= 4 is 0 Å². The van der Waals surface area contributed by atoms with Gasteiger partial charge in [0.15, 0.2) is 11.5 Å². The van der Waals surface area contributed by atoms with Gasteiger partial charge in [-0.05, 0) is 42.5 Å². The minimum absolute atomic E-state index is 0.210. The first-order valence-electron chi connectivity index (χ1n) is 9.05. The summed E-state index contributed by atoms with van der Waals surface area (Å²) in [5.41, 5.74) is 2.41. The fourth-order valence-corrected chi connectivity index (χ4v) is 3.94. The Balaban J connectivity index is 1.86. The fourth-order valence-electron chi connectivity index (χ4n) is 3.94. The van der Waals surface area contributed by atoms with Crippen LogP contribution in [0.25, 0.3) is 0 Å². The summed E-state index contributed by atoms with van der Waals surface area (Å²) in [6, 6.07) is 4.26. The van der Waals surface area contributed by atoms with Crippen LogP contribution in [0.15, 0.2) is 12.1 Å². The molecule has 1 aromatic carbocycles. The lowest BCUT2D eigenvalue weighted by atomic mass is 9.81. The van der Waals surface area contributed by atoms with Crippen molar-refractivity contribution in [2.45, 2.75) is 31.8 Å². The second-order valence-electron chi connectivity index (χ2n) is 6.65. The van der Waals surface area contributed by atoms with Crippen LogP contribution < -0.4 is 14.8 Å². The number of nitrogens with zero attached hydrogens (tertiary/aromatic N) is 1. The van der Waals surface area contributed by atoms with Gasteiger partial charge < -0.3 is 24.4 Å². The molecule has 1 unspecified atom stereocenters. The van der Waals surface area contributed by atoms with E-state index in [1.165, 1.54) is 11.1 Å². The van der Waals surface area contributed by atoms with Crippen LogP contribution >= 0.6 is 0 Å². The molecule has 2 heterocycles. The Morgan fingerprint density at radius 1 is 1.17 bits per heavy atom. The molecule has 0 spiro atoms. The van der Waals surface area contributed by atoms with Gasteiger partial charge in [-0.25, -0.2) is 0 Å². The summed E-state index contributed by atoms with van der Waals surface area (Å²) in [5, 5.41) is 3.42. The summed E-state index contributed by atoms with van der Waals surface area (Å²) in [7, 11) is 3.39. The van der Waals surface area contributed by atoms with Gasteiger partial charge in [-0.15, -0.1) is 0 Å². The molecule has 0 radical (unpaired) electrons. The molecule has 2 aliphatic rings.